The summed E-state index contributed by atoms with van der Waals surface area (Å²) >= 11 is 5.43. The predicted octanol–water partition coefficient (Wildman–Crippen LogP) is 0.335. The number of hydrogen-bond acceptors (Lipinski definition) is 3. The largest absolute Gasteiger partial charge is 0.389 e. The number of nitrogens with zero attached hydrogens (tertiary/aromatic N) is 1. The molecule has 1 saturated heterocycles. The summed E-state index contributed by atoms with van der Waals surface area (Å²) in [6.07, 6.45) is 1.44. The molecule has 0 spiro atoms. The average Bonchev–Trinajstić information content (AvgIpc) is 2.05. The zero-order valence-electron chi connectivity index (χ0n) is 6.72. The van der Waals surface area contributed by atoms with Crippen LogP contribution in [0.4, 0.5) is 0 Å². The van der Waals surface area contributed by atoms with E-state index in [4.69, 9.17) is 27.5 Å². The van der Waals surface area contributed by atoms with Crippen LogP contribution >= 0.6 is 11.6 Å². The molecule has 1 aliphatic heterocycles. The van der Waals surface area contributed by atoms with Gasteiger partial charge in [0, 0.05) is 19.2 Å². The smallest absolute Gasteiger partial charge is 0.123 e. The Labute approximate surface area is 76.4 Å². The quantitative estimate of drug-likeness (QED) is 0.355. The van der Waals surface area contributed by atoms with E-state index in [0.29, 0.717) is 19.0 Å². The number of morpholine rings is 1. The van der Waals surface area contributed by atoms with Gasteiger partial charge in [-0.15, -0.1) is 0 Å². The molecule has 0 amide bonds. The Morgan fingerprint density at radius 1 is 1.50 bits per heavy atom. The molecule has 0 bridgehead atoms. The summed E-state index contributed by atoms with van der Waals surface area (Å²) in [5, 5.41) is 7.69. The number of ether oxygens (including phenoxy) is 1. The van der Waals surface area contributed by atoms with Crippen LogP contribution in [-0.2, 0) is 4.74 Å². The first-order valence-corrected chi connectivity index (χ1v) is 4.12. The molecule has 0 aliphatic carbocycles. The Bertz CT molecular complexity index is 195. The highest BCUT2D eigenvalue weighted by Crippen LogP contribution is 2.00. The molecule has 68 valence electrons. The molecule has 4 nitrogen and oxygen atoms in total. The Kier molecular flexibility index (Phi) is 3.37. The molecule has 1 fully saturated rings. The van der Waals surface area contributed by atoms with Crippen LogP contribution in [0.3, 0.4) is 0 Å². The summed E-state index contributed by atoms with van der Waals surface area (Å²) in [4.78, 5) is 1.87. The minimum Gasteiger partial charge on any atom is -0.389 e. The van der Waals surface area contributed by atoms with Gasteiger partial charge in [0.1, 0.15) is 11.0 Å². The third-order valence-electron chi connectivity index (χ3n) is 1.63. The van der Waals surface area contributed by atoms with E-state index in [1.807, 2.05) is 4.90 Å². The van der Waals surface area contributed by atoms with Gasteiger partial charge in [-0.25, -0.2) is 0 Å². The standard InChI is InChI=1S/C7H12ClN3O/c8-6(9)5-7(10)11-1-3-12-4-2-11/h5,10H,1-4,9H2. The number of hydrogen-bond donors (Lipinski definition) is 2. The second kappa shape index (κ2) is 4.33. The van der Waals surface area contributed by atoms with E-state index in [1.165, 1.54) is 6.08 Å². The first-order valence-electron chi connectivity index (χ1n) is 3.74. The third-order valence-corrected chi connectivity index (χ3v) is 1.74. The molecular weight excluding hydrogens is 178 g/mol. The second-order valence-electron chi connectivity index (χ2n) is 2.51. The van der Waals surface area contributed by atoms with Gasteiger partial charge in [0.2, 0.25) is 0 Å². The molecule has 0 aromatic rings. The van der Waals surface area contributed by atoms with Crippen LogP contribution in [0.2, 0.25) is 0 Å². The van der Waals surface area contributed by atoms with Gasteiger partial charge in [-0.3, -0.25) is 5.41 Å². The zero-order chi connectivity index (χ0) is 8.97. The number of rotatable bonds is 1. The van der Waals surface area contributed by atoms with Crippen LogP contribution in [0.1, 0.15) is 0 Å². The van der Waals surface area contributed by atoms with Crippen molar-refractivity contribution >= 4 is 17.4 Å². The molecule has 12 heavy (non-hydrogen) atoms. The summed E-state index contributed by atoms with van der Waals surface area (Å²) in [5.41, 5.74) is 5.23. The van der Waals surface area contributed by atoms with Gasteiger partial charge >= 0.3 is 0 Å². The summed E-state index contributed by atoms with van der Waals surface area (Å²) in [6.45, 7) is 2.80. The highest BCUT2D eigenvalue weighted by molar-refractivity contribution is 6.30. The fourth-order valence-electron chi connectivity index (χ4n) is 1.03. The van der Waals surface area contributed by atoms with Crippen LogP contribution in [0.5, 0.6) is 0 Å². The number of nitrogens with two attached hydrogens (primary N) is 1. The molecule has 0 radical (unpaired) electrons. The van der Waals surface area contributed by atoms with Gasteiger partial charge in [0.25, 0.3) is 0 Å². The van der Waals surface area contributed by atoms with Gasteiger partial charge in [-0.2, -0.15) is 0 Å². The summed E-state index contributed by atoms with van der Waals surface area (Å²) in [5.74, 6) is 0.353. The summed E-state index contributed by atoms with van der Waals surface area (Å²) in [7, 11) is 0. The van der Waals surface area contributed by atoms with Crippen molar-refractivity contribution in [3.63, 3.8) is 0 Å². The van der Waals surface area contributed by atoms with E-state index >= 15 is 0 Å². The van der Waals surface area contributed by atoms with Crippen molar-refractivity contribution < 1.29 is 4.74 Å². The molecule has 3 N–H and O–H groups in total. The van der Waals surface area contributed by atoms with Crippen LogP contribution in [0, 0.1) is 5.41 Å². The maximum atomic E-state index is 7.54. The number of halogens is 1. The predicted molar refractivity (Wildman–Crippen MR) is 48.2 cm³/mol. The lowest BCUT2D eigenvalue weighted by Gasteiger charge is -2.27. The van der Waals surface area contributed by atoms with Crippen molar-refractivity contribution in [2.45, 2.75) is 0 Å². The Morgan fingerprint density at radius 2 is 2.08 bits per heavy atom. The van der Waals surface area contributed by atoms with Gasteiger partial charge in [0.05, 0.1) is 13.2 Å². The lowest BCUT2D eigenvalue weighted by molar-refractivity contribution is 0.0681. The molecule has 0 unspecified atom stereocenters. The lowest BCUT2D eigenvalue weighted by Crippen LogP contribution is -2.39. The van der Waals surface area contributed by atoms with Crippen molar-refractivity contribution in [3.05, 3.63) is 11.2 Å². The third kappa shape index (κ3) is 2.71. The van der Waals surface area contributed by atoms with E-state index in [9.17, 15) is 0 Å². The second-order valence-corrected chi connectivity index (χ2v) is 2.95. The van der Waals surface area contributed by atoms with Crippen molar-refractivity contribution in [3.8, 4) is 0 Å². The van der Waals surface area contributed by atoms with Crippen LogP contribution in [-0.4, -0.2) is 37.0 Å². The molecule has 0 saturated carbocycles. The van der Waals surface area contributed by atoms with Crippen LogP contribution in [0.15, 0.2) is 11.2 Å². The first-order chi connectivity index (χ1) is 5.70. The molecule has 0 atom stereocenters. The highest BCUT2D eigenvalue weighted by atomic mass is 35.5. The van der Waals surface area contributed by atoms with Crippen molar-refractivity contribution in [2.24, 2.45) is 5.73 Å². The van der Waals surface area contributed by atoms with E-state index in [1.54, 1.807) is 0 Å². The summed E-state index contributed by atoms with van der Waals surface area (Å²) in [6, 6.07) is 0. The van der Waals surface area contributed by atoms with Crippen molar-refractivity contribution in [1.29, 1.82) is 5.41 Å². The molecule has 5 heteroatoms. The lowest BCUT2D eigenvalue weighted by atomic mass is 10.4. The van der Waals surface area contributed by atoms with E-state index in [0.717, 1.165) is 13.1 Å². The van der Waals surface area contributed by atoms with Crippen molar-refractivity contribution in [2.75, 3.05) is 26.3 Å². The number of amidine groups is 1. The maximum Gasteiger partial charge on any atom is 0.123 e. The van der Waals surface area contributed by atoms with Crippen LogP contribution < -0.4 is 5.73 Å². The highest BCUT2D eigenvalue weighted by Gasteiger charge is 2.11. The minimum absolute atomic E-state index is 0.145. The Hall–Kier alpha value is -0.740. The molecule has 1 rings (SSSR count). The maximum absolute atomic E-state index is 7.54. The molecule has 1 heterocycles. The summed E-state index contributed by atoms with van der Waals surface area (Å²) < 4.78 is 5.13. The zero-order valence-corrected chi connectivity index (χ0v) is 7.47. The monoisotopic (exact) mass is 189 g/mol. The molecule has 0 aromatic heterocycles. The Morgan fingerprint density at radius 3 is 2.58 bits per heavy atom. The van der Waals surface area contributed by atoms with Gasteiger partial charge in [-0.1, -0.05) is 11.6 Å². The van der Waals surface area contributed by atoms with Gasteiger partial charge in [0.15, 0.2) is 0 Å². The molecule has 0 aromatic carbocycles. The number of nitrogens with one attached hydrogen (secondary N) is 1. The van der Waals surface area contributed by atoms with Crippen molar-refractivity contribution in [1.82, 2.24) is 4.90 Å². The fraction of sp³-hybridized carbons (Fsp3) is 0.571. The topological polar surface area (TPSA) is 62.3 Å². The fourth-order valence-corrected chi connectivity index (χ4v) is 1.13. The van der Waals surface area contributed by atoms with Gasteiger partial charge in [-0.05, 0) is 0 Å². The van der Waals surface area contributed by atoms with Gasteiger partial charge < -0.3 is 15.4 Å². The van der Waals surface area contributed by atoms with Crippen LogP contribution in [0.25, 0.3) is 0 Å². The average molecular weight is 190 g/mol. The normalized spacial score (nSPS) is 19.4. The van der Waals surface area contributed by atoms with E-state index in [2.05, 4.69) is 0 Å². The molecule has 1 aliphatic rings. The Balaban J connectivity index is 2.45. The SMILES string of the molecule is N=C(C=C(N)Cl)N1CCOCC1. The van der Waals surface area contributed by atoms with E-state index < -0.39 is 0 Å². The minimum atomic E-state index is 0.145. The molecular formula is C7H12ClN3O. The van der Waals surface area contributed by atoms with E-state index in [-0.39, 0.29) is 5.16 Å². The first kappa shape index (κ1) is 9.35.